The van der Waals surface area contributed by atoms with Crippen LogP contribution in [0.5, 0.6) is 0 Å². The Morgan fingerprint density at radius 2 is 2.33 bits per heavy atom. The molecule has 18 heavy (non-hydrogen) atoms. The number of amides is 1. The van der Waals surface area contributed by atoms with Gasteiger partial charge in [0.2, 0.25) is 5.91 Å². The van der Waals surface area contributed by atoms with Gasteiger partial charge in [0.15, 0.2) is 0 Å². The van der Waals surface area contributed by atoms with Crippen molar-refractivity contribution in [2.45, 2.75) is 25.3 Å². The van der Waals surface area contributed by atoms with E-state index in [2.05, 4.69) is 15.2 Å². The van der Waals surface area contributed by atoms with Gasteiger partial charge in [-0.05, 0) is 30.9 Å². The lowest BCUT2D eigenvalue weighted by Crippen LogP contribution is -2.54. The first-order valence-electron chi connectivity index (χ1n) is 6.38. The quantitative estimate of drug-likeness (QED) is 0.788. The molecule has 1 aromatic rings. The Kier molecular flexibility index (Phi) is 3.12. The third-order valence-electron chi connectivity index (χ3n) is 3.90. The number of piperidine rings is 2. The van der Waals surface area contributed by atoms with E-state index in [9.17, 15) is 4.79 Å². The van der Waals surface area contributed by atoms with Gasteiger partial charge in [0, 0.05) is 37.4 Å². The molecule has 0 spiro atoms. The van der Waals surface area contributed by atoms with Gasteiger partial charge in [-0.15, -0.1) is 0 Å². The summed E-state index contributed by atoms with van der Waals surface area (Å²) in [6, 6.07) is 4.26. The first kappa shape index (κ1) is 11.8. The van der Waals surface area contributed by atoms with Gasteiger partial charge in [0.05, 0.1) is 0 Å². The highest BCUT2D eigenvalue weighted by atomic mass is 35.5. The lowest BCUT2D eigenvalue weighted by atomic mass is 9.85. The molecule has 1 amide bonds. The minimum atomic E-state index is 0.205. The van der Waals surface area contributed by atoms with Crippen LogP contribution in [0.1, 0.15) is 19.3 Å². The Balaban J connectivity index is 1.72. The molecule has 0 saturated carbocycles. The van der Waals surface area contributed by atoms with E-state index in [1.807, 2.05) is 12.1 Å². The number of nitrogens with one attached hydrogen (secondary N) is 1. The largest absolute Gasteiger partial charge is 0.371 e. The van der Waals surface area contributed by atoms with Gasteiger partial charge in [0.1, 0.15) is 5.15 Å². The summed E-state index contributed by atoms with van der Waals surface area (Å²) >= 11 is 5.93. The van der Waals surface area contributed by atoms with Gasteiger partial charge in [-0.25, -0.2) is 4.98 Å². The Labute approximate surface area is 111 Å². The molecule has 0 aliphatic carbocycles. The minimum Gasteiger partial charge on any atom is -0.371 e. The summed E-state index contributed by atoms with van der Waals surface area (Å²) in [4.78, 5) is 17.7. The van der Waals surface area contributed by atoms with Crippen LogP contribution in [0.25, 0.3) is 0 Å². The van der Waals surface area contributed by atoms with E-state index in [1.54, 1.807) is 6.20 Å². The number of fused-ring (bicyclic) bond motifs is 1. The Bertz CT molecular complexity index is 465. The van der Waals surface area contributed by atoms with Crippen LogP contribution in [-0.4, -0.2) is 30.0 Å². The fraction of sp³-hybridized carbons (Fsp3) is 0.538. The van der Waals surface area contributed by atoms with Crippen molar-refractivity contribution in [1.29, 1.82) is 0 Å². The normalized spacial score (nSPS) is 27.6. The Hall–Kier alpha value is -1.29. The zero-order chi connectivity index (χ0) is 12.5. The second-order valence-corrected chi connectivity index (χ2v) is 5.43. The highest BCUT2D eigenvalue weighted by molar-refractivity contribution is 6.29. The zero-order valence-electron chi connectivity index (χ0n) is 10.1. The highest BCUT2D eigenvalue weighted by Gasteiger charge is 2.33. The van der Waals surface area contributed by atoms with Crippen molar-refractivity contribution in [2.75, 3.05) is 18.0 Å². The standard InChI is InChI=1S/C13H16ClN3O/c14-12-7-10(3-5-15-12)17-6-4-11-9(8-17)1-2-13(18)16-11/h3,5,7,9,11H,1-2,4,6,8H2,(H,16,18). The van der Waals surface area contributed by atoms with Crippen molar-refractivity contribution in [2.24, 2.45) is 5.92 Å². The molecular weight excluding hydrogens is 250 g/mol. The fourth-order valence-electron chi connectivity index (χ4n) is 2.93. The van der Waals surface area contributed by atoms with Gasteiger partial charge < -0.3 is 10.2 Å². The number of hydrogen-bond donors (Lipinski definition) is 1. The van der Waals surface area contributed by atoms with Gasteiger partial charge in [-0.2, -0.15) is 0 Å². The van der Waals surface area contributed by atoms with Crippen molar-refractivity contribution in [1.82, 2.24) is 10.3 Å². The maximum Gasteiger partial charge on any atom is 0.220 e. The SMILES string of the molecule is O=C1CCC2CN(c3ccnc(Cl)c3)CCC2N1. The predicted molar refractivity (Wildman–Crippen MR) is 70.7 cm³/mol. The number of carbonyl (C=O) groups is 1. The summed E-state index contributed by atoms with van der Waals surface area (Å²) in [5, 5.41) is 3.63. The van der Waals surface area contributed by atoms with E-state index in [-0.39, 0.29) is 5.91 Å². The lowest BCUT2D eigenvalue weighted by Gasteiger charge is -2.42. The molecule has 2 unspecified atom stereocenters. The van der Waals surface area contributed by atoms with E-state index in [1.165, 1.54) is 0 Å². The Morgan fingerprint density at radius 1 is 1.44 bits per heavy atom. The molecule has 0 radical (unpaired) electrons. The first-order valence-corrected chi connectivity index (χ1v) is 6.76. The molecule has 2 atom stereocenters. The molecule has 2 fully saturated rings. The van der Waals surface area contributed by atoms with Crippen LogP contribution in [0.2, 0.25) is 5.15 Å². The monoisotopic (exact) mass is 265 g/mol. The second kappa shape index (κ2) is 4.76. The third-order valence-corrected chi connectivity index (χ3v) is 4.10. The number of halogens is 1. The van der Waals surface area contributed by atoms with Crippen LogP contribution in [0.3, 0.4) is 0 Å². The van der Waals surface area contributed by atoms with E-state index in [0.29, 0.717) is 23.5 Å². The van der Waals surface area contributed by atoms with Crippen LogP contribution in [-0.2, 0) is 4.79 Å². The molecule has 2 aliphatic heterocycles. The van der Waals surface area contributed by atoms with Crippen molar-refractivity contribution in [3.63, 3.8) is 0 Å². The Morgan fingerprint density at radius 3 is 3.17 bits per heavy atom. The summed E-state index contributed by atoms with van der Waals surface area (Å²) < 4.78 is 0. The summed E-state index contributed by atoms with van der Waals surface area (Å²) in [6.45, 7) is 1.95. The van der Waals surface area contributed by atoms with Gasteiger partial charge in [-0.3, -0.25) is 4.79 Å². The highest BCUT2D eigenvalue weighted by Crippen LogP contribution is 2.29. The van der Waals surface area contributed by atoms with Crippen molar-refractivity contribution in [3.05, 3.63) is 23.5 Å². The molecule has 4 nitrogen and oxygen atoms in total. The maximum atomic E-state index is 11.4. The molecule has 1 aromatic heterocycles. The van der Waals surface area contributed by atoms with Crippen molar-refractivity contribution in [3.8, 4) is 0 Å². The average Bonchev–Trinajstić information content (AvgIpc) is 2.38. The average molecular weight is 266 g/mol. The van der Waals surface area contributed by atoms with Crippen LogP contribution in [0.15, 0.2) is 18.3 Å². The van der Waals surface area contributed by atoms with E-state index >= 15 is 0 Å². The molecule has 3 rings (SSSR count). The van der Waals surface area contributed by atoms with Crippen LogP contribution < -0.4 is 10.2 Å². The van der Waals surface area contributed by atoms with Crippen LogP contribution in [0.4, 0.5) is 5.69 Å². The number of anilines is 1. The van der Waals surface area contributed by atoms with Gasteiger partial charge in [0.25, 0.3) is 0 Å². The molecule has 1 N–H and O–H groups in total. The van der Waals surface area contributed by atoms with Crippen molar-refractivity contribution >= 4 is 23.2 Å². The third kappa shape index (κ3) is 2.29. The van der Waals surface area contributed by atoms with Gasteiger partial charge in [-0.1, -0.05) is 11.6 Å². The number of rotatable bonds is 1. The van der Waals surface area contributed by atoms with Gasteiger partial charge >= 0.3 is 0 Å². The molecule has 0 bridgehead atoms. The molecular formula is C13H16ClN3O. The maximum absolute atomic E-state index is 11.4. The van der Waals surface area contributed by atoms with E-state index in [4.69, 9.17) is 11.6 Å². The molecule has 5 heteroatoms. The first-order chi connectivity index (χ1) is 8.72. The second-order valence-electron chi connectivity index (χ2n) is 5.04. The molecule has 0 aromatic carbocycles. The predicted octanol–water partition coefficient (Wildman–Crippen LogP) is 1.84. The van der Waals surface area contributed by atoms with E-state index in [0.717, 1.165) is 31.6 Å². The molecule has 3 heterocycles. The number of carbonyl (C=O) groups excluding carboxylic acids is 1. The number of hydrogen-bond acceptors (Lipinski definition) is 3. The lowest BCUT2D eigenvalue weighted by molar-refractivity contribution is -0.124. The molecule has 2 saturated heterocycles. The smallest absolute Gasteiger partial charge is 0.220 e. The summed E-state index contributed by atoms with van der Waals surface area (Å²) in [5.74, 6) is 0.764. The minimum absolute atomic E-state index is 0.205. The summed E-state index contributed by atoms with van der Waals surface area (Å²) in [5.41, 5.74) is 1.13. The van der Waals surface area contributed by atoms with Crippen LogP contribution in [0, 0.1) is 5.92 Å². The summed E-state index contributed by atoms with van der Waals surface area (Å²) in [6.07, 6.45) is 4.40. The molecule has 2 aliphatic rings. The van der Waals surface area contributed by atoms with E-state index < -0.39 is 0 Å². The number of pyridine rings is 1. The van der Waals surface area contributed by atoms with Crippen molar-refractivity contribution < 1.29 is 4.79 Å². The topological polar surface area (TPSA) is 45.2 Å². The zero-order valence-corrected chi connectivity index (χ0v) is 10.9. The molecule has 96 valence electrons. The number of aromatic nitrogens is 1. The fourth-order valence-corrected chi connectivity index (χ4v) is 3.10. The number of nitrogens with zero attached hydrogens (tertiary/aromatic N) is 2. The van der Waals surface area contributed by atoms with Crippen LogP contribution >= 0.6 is 11.6 Å². The summed E-state index contributed by atoms with van der Waals surface area (Å²) in [7, 11) is 0.